The Morgan fingerprint density at radius 3 is 2.87 bits per heavy atom. The van der Waals surface area contributed by atoms with Crippen molar-refractivity contribution in [2.45, 2.75) is 12.1 Å². The van der Waals surface area contributed by atoms with Crippen LogP contribution in [0.5, 0.6) is 11.5 Å². The summed E-state index contributed by atoms with van der Waals surface area (Å²) in [5.41, 5.74) is 0.383. The van der Waals surface area contributed by atoms with Gasteiger partial charge in [0.2, 0.25) is 6.79 Å². The fourth-order valence-corrected chi connectivity index (χ4v) is 2.97. The summed E-state index contributed by atoms with van der Waals surface area (Å²) in [7, 11) is 1.62. The second-order valence-electron chi connectivity index (χ2n) is 5.69. The third kappa shape index (κ3) is 2.95. The van der Waals surface area contributed by atoms with Crippen LogP contribution in [0.3, 0.4) is 0 Å². The number of fused-ring (bicyclic) bond motifs is 1. The second-order valence-corrected chi connectivity index (χ2v) is 5.69. The lowest BCUT2D eigenvalue weighted by molar-refractivity contribution is -0.138. The number of likely N-dealkylation sites (tertiary alicyclic amines) is 1. The van der Waals surface area contributed by atoms with E-state index in [1.807, 2.05) is 0 Å². The molecule has 0 radical (unpaired) electrons. The predicted molar refractivity (Wildman–Crippen MR) is 78.5 cm³/mol. The smallest absolute Gasteiger partial charge is 0.317 e. The molecule has 8 nitrogen and oxygen atoms in total. The maximum absolute atomic E-state index is 12.7. The lowest BCUT2D eigenvalue weighted by Crippen LogP contribution is -2.43. The third-order valence-corrected chi connectivity index (χ3v) is 4.12. The lowest BCUT2D eigenvalue weighted by atomic mass is 10.1. The minimum absolute atomic E-state index is 0.0756. The fraction of sp³-hybridized carbons (Fsp3) is 0.467. The molecule has 2 aliphatic rings. The molecule has 0 aliphatic carbocycles. The van der Waals surface area contributed by atoms with Gasteiger partial charge in [-0.2, -0.15) is 0 Å². The molecule has 0 bridgehead atoms. The minimum Gasteiger partial charge on any atom is -0.480 e. The Morgan fingerprint density at radius 2 is 2.13 bits per heavy atom. The summed E-state index contributed by atoms with van der Waals surface area (Å²) in [6.07, 6.45) is -0.794. The van der Waals surface area contributed by atoms with Gasteiger partial charge in [0.25, 0.3) is 5.91 Å². The Morgan fingerprint density at radius 1 is 1.35 bits per heavy atom. The van der Waals surface area contributed by atoms with E-state index in [-0.39, 0.29) is 32.3 Å². The molecule has 124 valence electrons. The average Bonchev–Trinajstić information content (AvgIpc) is 3.11. The van der Waals surface area contributed by atoms with Crippen LogP contribution < -0.4 is 9.47 Å². The molecule has 1 saturated heterocycles. The highest BCUT2D eigenvalue weighted by molar-refractivity contribution is 5.98. The Hall–Kier alpha value is -2.32. The molecule has 2 heterocycles. The van der Waals surface area contributed by atoms with Crippen molar-refractivity contribution in [1.82, 2.24) is 9.80 Å². The highest BCUT2D eigenvalue weighted by atomic mass is 16.7. The van der Waals surface area contributed by atoms with Gasteiger partial charge in [0, 0.05) is 13.1 Å². The molecule has 0 unspecified atom stereocenters. The number of amides is 1. The van der Waals surface area contributed by atoms with Crippen LogP contribution in [0, 0.1) is 0 Å². The van der Waals surface area contributed by atoms with Crippen molar-refractivity contribution in [3.63, 3.8) is 0 Å². The fourth-order valence-electron chi connectivity index (χ4n) is 2.97. The number of carbonyl (C=O) groups excluding carboxylic acids is 1. The molecular weight excluding hydrogens is 304 g/mol. The molecule has 0 saturated carbocycles. The van der Waals surface area contributed by atoms with Crippen LogP contribution in [-0.4, -0.2) is 77.5 Å². The standard InChI is InChI=1S/C15H18N2O6/c1-16(7-13(19)20)10-5-17(6-11(10)18)15(21)9-3-2-4-12-14(9)23-8-22-12/h2-4,10-11,18H,5-8H2,1H3,(H,19,20)/t10-,11+/m0/s1. The first-order chi connectivity index (χ1) is 11.0. The summed E-state index contributed by atoms with van der Waals surface area (Å²) in [4.78, 5) is 26.5. The molecule has 1 amide bonds. The van der Waals surface area contributed by atoms with Crippen LogP contribution in [0.4, 0.5) is 0 Å². The maximum Gasteiger partial charge on any atom is 0.317 e. The number of hydrogen-bond acceptors (Lipinski definition) is 6. The Kier molecular flexibility index (Phi) is 4.10. The van der Waals surface area contributed by atoms with Crippen molar-refractivity contribution in [2.24, 2.45) is 0 Å². The number of aliphatic carboxylic acids is 1. The van der Waals surface area contributed by atoms with Crippen molar-refractivity contribution < 1.29 is 29.3 Å². The van der Waals surface area contributed by atoms with Crippen molar-refractivity contribution >= 4 is 11.9 Å². The van der Waals surface area contributed by atoms with E-state index in [0.717, 1.165) is 0 Å². The zero-order chi connectivity index (χ0) is 16.6. The van der Waals surface area contributed by atoms with E-state index >= 15 is 0 Å². The molecular formula is C15H18N2O6. The monoisotopic (exact) mass is 322 g/mol. The summed E-state index contributed by atoms with van der Waals surface area (Å²) in [5.74, 6) is -0.307. The van der Waals surface area contributed by atoms with E-state index in [9.17, 15) is 14.7 Å². The van der Waals surface area contributed by atoms with Gasteiger partial charge < -0.3 is 24.6 Å². The van der Waals surface area contributed by atoms with Gasteiger partial charge in [-0.25, -0.2) is 0 Å². The highest BCUT2D eigenvalue weighted by Crippen LogP contribution is 2.36. The quantitative estimate of drug-likeness (QED) is 0.779. The molecule has 2 atom stereocenters. The Labute approximate surface area is 132 Å². The third-order valence-electron chi connectivity index (χ3n) is 4.12. The molecule has 1 fully saturated rings. The number of aliphatic hydroxyl groups is 1. The molecule has 1 aromatic rings. The molecule has 0 spiro atoms. The van der Waals surface area contributed by atoms with E-state index < -0.39 is 18.1 Å². The largest absolute Gasteiger partial charge is 0.480 e. The Balaban J connectivity index is 1.75. The molecule has 2 N–H and O–H groups in total. The molecule has 1 aromatic carbocycles. The first kappa shape index (κ1) is 15.6. The average molecular weight is 322 g/mol. The number of rotatable bonds is 4. The number of benzene rings is 1. The summed E-state index contributed by atoms with van der Waals surface area (Å²) >= 11 is 0. The van der Waals surface area contributed by atoms with Crippen molar-refractivity contribution in [3.05, 3.63) is 23.8 Å². The van der Waals surface area contributed by atoms with Gasteiger partial charge in [-0.1, -0.05) is 6.07 Å². The van der Waals surface area contributed by atoms with Crippen molar-refractivity contribution in [1.29, 1.82) is 0 Å². The van der Waals surface area contributed by atoms with E-state index in [1.54, 1.807) is 25.2 Å². The maximum atomic E-state index is 12.7. The molecule has 2 aliphatic heterocycles. The van der Waals surface area contributed by atoms with Crippen molar-refractivity contribution in [3.8, 4) is 11.5 Å². The Bertz CT molecular complexity index is 634. The molecule has 23 heavy (non-hydrogen) atoms. The van der Waals surface area contributed by atoms with Gasteiger partial charge in [-0.3, -0.25) is 14.5 Å². The predicted octanol–water partition coefficient (Wildman–Crippen LogP) is -0.383. The number of aliphatic hydroxyl groups excluding tert-OH is 1. The summed E-state index contributed by atoms with van der Waals surface area (Å²) in [5, 5.41) is 19.0. The normalized spacial score (nSPS) is 22.7. The number of nitrogens with zero attached hydrogens (tertiary/aromatic N) is 2. The van der Waals surface area contributed by atoms with Gasteiger partial charge >= 0.3 is 5.97 Å². The zero-order valence-electron chi connectivity index (χ0n) is 12.6. The molecule has 0 aromatic heterocycles. The summed E-state index contributed by atoms with van der Waals surface area (Å²) < 4.78 is 10.6. The molecule has 3 rings (SSSR count). The zero-order valence-corrected chi connectivity index (χ0v) is 12.6. The van der Waals surface area contributed by atoms with E-state index in [2.05, 4.69) is 0 Å². The van der Waals surface area contributed by atoms with Crippen LogP contribution in [-0.2, 0) is 4.79 Å². The van der Waals surface area contributed by atoms with E-state index in [4.69, 9.17) is 14.6 Å². The molecule has 8 heteroatoms. The van der Waals surface area contributed by atoms with Crippen LogP contribution in [0.25, 0.3) is 0 Å². The van der Waals surface area contributed by atoms with E-state index in [0.29, 0.717) is 17.1 Å². The number of para-hydroxylation sites is 1. The number of carbonyl (C=O) groups is 2. The number of likely N-dealkylation sites (N-methyl/N-ethyl adjacent to an activating group) is 1. The van der Waals surface area contributed by atoms with Gasteiger partial charge in [-0.15, -0.1) is 0 Å². The van der Waals surface area contributed by atoms with Crippen LogP contribution in [0.15, 0.2) is 18.2 Å². The minimum atomic E-state index is -0.976. The number of carboxylic acids is 1. The number of ether oxygens (including phenoxy) is 2. The number of β-amino-alcohol motifs (C(OH)–C–C–N with tert-alkyl or cyclic N) is 1. The SMILES string of the molecule is CN(CC(=O)O)[C@H]1CN(C(=O)c2cccc3c2OCO3)C[C@H]1O. The van der Waals surface area contributed by atoms with Crippen LogP contribution in [0.2, 0.25) is 0 Å². The van der Waals surface area contributed by atoms with Gasteiger partial charge in [-0.05, 0) is 19.2 Å². The number of carboxylic acid groups (broad SMARTS) is 1. The van der Waals surface area contributed by atoms with Gasteiger partial charge in [0.15, 0.2) is 11.5 Å². The van der Waals surface area contributed by atoms with Crippen molar-refractivity contribution in [2.75, 3.05) is 33.5 Å². The second kappa shape index (κ2) is 6.05. The van der Waals surface area contributed by atoms with E-state index in [1.165, 1.54) is 9.80 Å². The van der Waals surface area contributed by atoms with Gasteiger partial charge in [0.05, 0.1) is 24.3 Å². The number of hydrogen-bond donors (Lipinski definition) is 2. The highest BCUT2D eigenvalue weighted by Gasteiger charge is 2.38. The first-order valence-electron chi connectivity index (χ1n) is 7.25. The lowest BCUT2D eigenvalue weighted by Gasteiger charge is -2.24. The van der Waals surface area contributed by atoms with Crippen LogP contribution >= 0.6 is 0 Å². The first-order valence-corrected chi connectivity index (χ1v) is 7.25. The topological polar surface area (TPSA) is 99.5 Å². The summed E-state index contributed by atoms with van der Waals surface area (Å²) in [6, 6.07) is 4.67. The summed E-state index contributed by atoms with van der Waals surface area (Å²) in [6.45, 7) is 0.292. The van der Waals surface area contributed by atoms with Crippen LogP contribution in [0.1, 0.15) is 10.4 Å². The van der Waals surface area contributed by atoms with Gasteiger partial charge in [0.1, 0.15) is 0 Å².